The molecule has 1 saturated heterocycles. The van der Waals surface area contributed by atoms with E-state index in [9.17, 15) is 5.11 Å². The van der Waals surface area contributed by atoms with Crippen LogP contribution in [0.2, 0.25) is 0 Å². The fourth-order valence-corrected chi connectivity index (χ4v) is 3.88. The number of piperidine rings is 1. The van der Waals surface area contributed by atoms with Gasteiger partial charge in [-0.25, -0.2) is 4.98 Å². The van der Waals surface area contributed by atoms with Gasteiger partial charge in [-0.2, -0.15) is 0 Å². The van der Waals surface area contributed by atoms with Gasteiger partial charge in [0, 0.05) is 23.5 Å². The van der Waals surface area contributed by atoms with Crippen molar-refractivity contribution < 1.29 is 5.11 Å². The molecule has 0 bridgehead atoms. The summed E-state index contributed by atoms with van der Waals surface area (Å²) in [5, 5.41) is 13.2. The van der Waals surface area contributed by atoms with Crippen molar-refractivity contribution in [1.82, 2.24) is 9.88 Å². The lowest BCUT2D eigenvalue weighted by Gasteiger charge is -2.36. The Morgan fingerprint density at radius 3 is 2.90 bits per heavy atom. The Hall–Kier alpha value is -1.23. The first-order valence-electron chi connectivity index (χ1n) is 7.66. The van der Waals surface area contributed by atoms with Crippen LogP contribution in [0.5, 0.6) is 0 Å². The number of hydrogen-bond acceptors (Lipinski definition) is 4. The van der Waals surface area contributed by atoms with Gasteiger partial charge >= 0.3 is 0 Å². The molecule has 1 aromatic heterocycles. The molecule has 2 heterocycles. The summed E-state index contributed by atoms with van der Waals surface area (Å²) in [6, 6.07) is 10.6. The summed E-state index contributed by atoms with van der Waals surface area (Å²) >= 11 is 1.70. The number of aliphatic hydroxyl groups excluding tert-OH is 1. The maximum absolute atomic E-state index is 9.95. The molecule has 1 aliphatic rings. The average Bonchev–Trinajstić information content (AvgIpc) is 2.97. The zero-order valence-corrected chi connectivity index (χ0v) is 13.2. The Balaban J connectivity index is 1.72. The Morgan fingerprint density at radius 1 is 1.33 bits per heavy atom. The SMILES string of the molecule is CC(O)C1CCCCN1Cc1csc(-c2ccccc2)n1. The second kappa shape index (κ2) is 6.69. The van der Waals surface area contributed by atoms with E-state index >= 15 is 0 Å². The van der Waals surface area contributed by atoms with E-state index in [1.165, 1.54) is 18.4 Å². The molecule has 1 fully saturated rings. The fourth-order valence-electron chi connectivity index (χ4n) is 3.06. The summed E-state index contributed by atoms with van der Waals surface area (Å²) in [6.45, 7) is 3.81. The molecule has 3 nitrogen and oxygen atoms in total. The van der Waals surface area contributed by atoms with Gasteiger partial charge in [0.1, 0.15) is 5.01 Å². The third-order valence-electron chi connectivity index (χ3n) is 4.16. The van der Waals surface area contributed by atoms with Gasteiger partial charge in [-0.15, -0.1) is 11.3 Å². The largest absolute Gasteiger partial charge is 0.392 e. The average molecular weight is 302 g/mol. The molecule has 0 amide bonds. The van der Waals surface area contributed by atoms with Crippen molar-refractivity contribution in [3.05, 3.63) is 41.4 Å². The second-order valence-corrected chi connectivity index (χ2v) is 6.64. The van der Waals surface area contributed by atoms with E-state index in [1.807, 2.05) is 25.1 Å². The first kappa shape index (κ1) is 14.7. The molecule has 1 aliphatic heterocycles. The van der Waals surface area contributed by atoms with Gasteiger partial charge < -0.3 is 5.11 Å². The molecule has 112 valence electrons. The van der Waals surface area contributed by atoms with Crippen molar-refractivity contribution in [2.24, 2.45) is 0 Å². The zero-order chi connectivity index (χ0) is 14.7. The topological polar surface area (TPSA) is 36.4 Å². The number of aliphatic hydroxyl groups is 1. The van der Waals surface area contributed by atoms with Crippen LogP contribution in [0.15, 0.2) is 35.7 Å². The number of nitrogens with zero attached hydrogens (tertiary/aromatic N) is 2. The van der Waals surface area contributed by atoms with Gasteiger partial charge in [-0.3, -0.25) is 4.90 Å². The molecule has 0 aliphatic carbocycles. The van der Waals surface area contributed by atoms with E-state index in [4.69, 9.17) is 4.98 Å². The van der Waals surface area contributed by atoms with Gasteiger partial charge in [0.25, 0.3) is 0 Å². The van der Waals surface area contributed by atoms with E-state index in [0.29, 0.717) is 0 Å². The highest BCUT2D eigenvalue weighted by Crippen LogP contribution is 2.26. The predicted molar refractivity (Wildman–Crippen MR) is 87.3 cm³/mol. The summed E-state index contributed by atoms with van der Waals surface area (Å²) in [5.74, 6) is 0. The van der Waals surface area contributed by atoms with Gasteiger partial charge in [0.15, 0.2) is 0 Å². The minimum atomic E-state index is -0.266. The molecular weight excluding hydrogens is 280 g/mol. The monoisotopic (exact) mass is 302 g/mol. The normalized spacial score (nSPS) is 21.3. The number of likely N-dealkylation sites (tertiary alicyclic amines) is 1. The summed E-state index contributed by atoms with van der Waals surface area (Å²) in [6.07, 6.45) is 3.27. The molecule has 4 heteroatoms. The van der Waals surface area contributed by atoms with Crippen LogP contribution < -0.4 is 0 Å². The standard InChI is InChI=1S/C17H22N2OS/c1-13(20)16-9-5-6-10-19(16)11-15-12-21-17(18-15)14-7-3-2-4-8-14/h2-4,7-8,12-13,16,20H,5-6,9-11H2,1H3. The molecule has 0 radical (unpaired) electrons. The van der Waals surface area contributed by atoms with Crippen molar-refractivity contribution in [1.29, 1.82) is 0 Å². The van der Waals surface area contributed by atoms with Crippen LogP contribution in [-0.2, 0) is 6.54 Å². The van der Waals surface area contributed by atoms with Crippen LogP contribution in [0.25, 0.3) is 10.6 Å². The molecule has 2 aromatic rings. The van der Waals surface area contributed by atoms with Crippen LogP contribution in [0.3, 0.4) is 0 Å². The Morgan fingerprint density at radius 2 is 2.14 bits per heavy atom. The highest BCUT2D eigenvalue weighted by molar-refractivity contribution is 7.13. The van der Waals surface area contributed by atoms with Crippen molar-refractivity contribution in [2.45, 2.75) is 44.9 Å². The van der Waals surface area contributed by atoms with E-state index in [-0.39, 0.29) is 12.1 Å². The number of aromatic nitrogens is 1. The highest BCUT2D eigenvalue weighted by atomic mass is 32.1. The predicted octanol–water partition coefficient (Wildman–Crippen LogP) is 3.55. The maximum Gasteiger partial charge on any atom is 0.123 e. The van der Waals surface area contributed by atoms with Crippen LogP contribution in [0.4, 0.5) is 0 Å². The fraction of sp³-hybridized carbons (Fsp3) is 0.471. The number of thiazole rings is 1. The molecular formula is C17H22N2OS. The van der Waals surface area contributed by atoms with E-state index in [2.05, 4.69) is 22.4 Å². The highest BCUT2D eigenvalue weighted by Gasteiger charge is 2.26. The molecule has 2 atom stereocenters. The third kappa shape index (κ3) is 3.51. The third-order valence-corrected chi connectivity index (χ3v) is 5.10. The Labute approximate surface area is 130 Å². The summed E-state index contributed by atoms with van der Waals surface area (Å²) in [4.78, 5) is 7.15. The van der Waals surface area contributed by atoms with Gasteiger partial charge in [0.2, 0.25) is 0 Å². The number of hydrogen-bond donors (Lipinski definition) is 1. The Kier molecular flexibility index (Phi) is 4.68. The van der Waals surface area contributed by atoms with E-state index < -0.39 is 0 Å². The quantitative estimate of drug-likeness (QED) is 0.938. The minimum Gasteiger partial charge on any atom is -0.392 e. The summed E-state index contributed by atoms with van der Waals surface area (Å²) in [5.41, 5.74) is 2.30. The molecule has 2 unspecified atom stereocenters. The summed E-state index contributed by atoms with van der Waals surface area (Å²) in [7, 11) is 0. The molecule has 0 spiro atoms. The van der Waals surface area contributed by atoms with Crippen LogP contribution >= 0.6 is 11.3 Å². The lowest BCUT2D eigenvalue weighted by molar-refractivity contribution is 0.0311. The van der Waals surface area contributed by atoms with Gasteiger partial charge in [-0.1, -0.05) is 36.8 Å². The Bertz CT molecular complexity index is 567. The van der Waals surface area contributed by atoms with Crippen molar-refractivity contribution >= 4 is 11.3 Å². The van der Waals surface area contributed by atoms with Crippen molar-refractivity contribution in [3.63, 3.8) is 0 Å². The molecule has 3 rings (SSSR count). The van der Waals surface area contributed by atoms with Crippen LogP contribution in [0.1, 0.15) is 31.9 Å². The lowest BCUT2D eigenvalue weighted by Crippen LogP contribution is -2.45. The molecule has 0 saturated carbocycles. The lowest BCUT2D eigenvalue weighted by atomic mass is 9.98. The maximum atomic E-state index is 9.95. The van der Waals surface area contributed by atoms with E-state index in [1.54, 1.807) is 11.3 Å². The minimum absolute atomic E-state index is 0.266. The first-order valence-corrected chi connectivity index (χ1v) is 8.54. The van der Waals surface area contributed by atoms with Crippen LogP contribution in [-0.4, -0.2) is 33.7 Å². The zero-order valence-electron chi connectivity index (χ0n) is 12.4. The second-order valence-electron chi connectivity index (χ2n) is 5.78. The number of rotatable bonds is 4. The summed E-state index contributed by atoms with van der Waals surface area (Å²) < 4.78 is 0. The van der Waals surface area contributed by atoms with Gasteiger partial charge in [-0.05, 0) is 26.3 Å². The van der Waals surface area contributed by atoms with E-state index in [0.717, 1.165) is 30.2 Å². The first-order chi connectivity index (χ1) is 10.2. The smallest absolute Gasteiger partial charge is 0.123 e. The van der Waals surface area contributed by atoms with Gasteiger partial charge in [0.05, 0.1) is 11.8 Å². The van der Waals surface area contributed by atoms with Crippen LogP contribution in [0, 0.1) is 0 Å². The molecule has 1 N–H and O–H groups in total. The van der Waals surface area contributed by atoms with Crippen molar-refractivity contribution in [3.8, 4) is 10.6 Å². The number of benzene rings is 1. The molecule has 1 aromatic carbocycles. The van der Waals surface area contributed by atoms with Crippen molar-refractivity contribution in [2.75, 3.05) is 6.54 Å². The molecule has 21 heavy (non-hydrogen) atoms.